The van der Waals surface area contributed by atoms with Crippen molar-refractivity contribution in [3.8, 4) is 0 Å². The summed E-state index contributed by atoms with van der Waals surface area (Å²) in [7, 11) is 0. The van der Waals surface area contributed by atoms with E-state index in [4.69, 9.17) is 0 Å². The molecule has 1 saturated heterocycles. The first-order valence-corrected chi connectivity index (χ1v) is 6.56. The van der Waals surface area contributed by atoms with E-state index in [9.17, 15) is 13.2 Å². The lowest BCUT2D eigenvalue weighted by atomic mass is 10.2. The van der Waals surface area contributed by atoms with Gasteiger partial charge in [0.15, 0.2) is 0 Å². The third-order valence-corrected chi connectivity index (χ3v) is 3.78. The molecule has 1 aliphatic carbocycles. The standard InChI is InChI=1S/C13H16F3N3/c14-13(15,16)10-1-4-12(17-9-10)19-7-5-18(6-8-19)11-2-3-11/h1,4,9,11H,2-3,5-8H2. The Morgan fingerprint density at radius 1 is 1.05 bits per heavy atom. The van der Waals surface area contributed by atoms with Gasteiger partial charge in [-0.3, -0.25) is 4.90 Å². The Hall–Kier alpha value is -1.30. The first-order valence-electron chi connectivity index (χ1n) is 6.56. The van der Waals surface area contributed by atoms with Crippen molar-refractivity contribution in [1.82, 2.24) is 9.88 Å². The van der Waals surface area contributed by atoms with Crippen LogP contribution in [0.25, 0.3) is 0 Å². The summed E-state index contributed by atoms with van der Waals surface area (Å²) in [6, 6.07) is 3.33. The molecule has 0 atom stereocenters. The fourth-order valence-electron chi connectivity index (χ4n) is 2.50. The number of hydrogen-bond acceptors (Lipinski definition) is 3. The quantitative estimate of drug-likeness (QED) is 0.823. The summed E-state index contributed by atoms with van der Waals surface area (Å²) in [6.45, 7) is 3.64. The van der Waals surface area contributed by atoms with Gasteiger partial charge >= 0.3 is 6.18 Å². The van der Waals surface area contributed by atoms with E-state index in [1.807, 2.05) is 0 Å². The summed E-state index contributed by atoms with van der Waals surface area (Å²) in [5.74, 6) is 0.642. The summed E-state index contributed by atoms with van der Waals surface area (Å²) in [6.07, 6.45) is -0.810. The van der Waals surface area contributed by atoms with Crippen molar-refractivity contribution in [2.75, 3.05) is 31.1 Å². The number of aromatic nitrogens is 1. The molecule has 1 aliphatic heterocycles. The highest BCUT2D eigenvalue weighted by molar-refractivity contribution is 5.40. The second-order valence-electron chi connectivity index (χ2n) is 5.16. The molecule has 0 bridgehead atoms. The Morgan fingerprint density at radius 3 is 2.21 bits per heavy atom. The number of rotatable bonds is 2. The molecule has 1 aromatic rings. The van der Waals surface area contributed by atoms with Crippen LogP contribution < -0.4 is 4.90 Å². The minimum atomic E-state index is -4.31. The van der Waals surface area contributed by atoms with Gasteiger partial charge < -0.3 is 4.90 Å². The molecule has 0 radical (unpaired) electrons. The number of nitrogens with zero attached hydrogens (tertiary/aromatic N) is 3. The van der Waals surface area contributed by atoms with Crippen LogP contribution in [0.15, 0.2) is 18.3 Å². The molecule has 0 aromatic carbocycles. The van der Waals surface area contributed by atoms with Gasteiger partial charge in [-0.1, -0.05) is 0 Å². The lowest BCUT2D eigenvalue weighted by Gasteiger charge is -2.35. The number of anilines is 1. The Labute approximate surface area is 110 Å². The molecule has 3 rings (SSSR count). The van der Waals surface area contributed by atoms with Gasteiger partial charge in [0.05, 0.1) is 5.56 Å². The molecule has 1 saturated carbocycles. The SMILES string of the molecule is FC(F)(F)c1ccc(N2CCN(C3CC3)CC2)nc1. The summed E-state index contributed by atoms with van der Waals surface area (Å²) in [5.41, 5.74) is -0.687. The summed E-state index contributed by atoms with van der Waals surface area (Å²) in [5, 5.41) is 0. The van der Waals surface area contributed by atoms with Gasteiger partial charge in [-0.05, 0) is 25.0 Å². The lowest BCUT2D eigenvalue weighted by molar-refractivity contribution is -0.137. The predicted molar refractivity (Wildman–Crippen MR) is 66.0 cm³/mol. The fraction of sp³-hybridized carbons (Fsp3) is 0.615. The van der Waals surface area contributed by atoms with E-state index >= 15 is 0 Å². The number of piperazine rings is 1. The van der Waals surface area contributed by atoms with Crippen LogP contribution in [0.2, 0.25) is 0 Å². The van der Waals surface area contributed by atoms with E-state index in [0.717, 1.165) is 44.5 Å². The molecular formula is C13H16F3N3. The summed E-state index contributed by atoms with van der Waals surface area (Å²) < 4.78 is 37.3. The maximum atomic E-state index is 12.4. The molecular weight excluding hydrogens is 255 g/mol. The maximum Gasteiger partial charge on any atom is 0.417 e. The van der Waals surface area contributed by atoms with E-state index in [0.29, 0.717) is 5.82 Å². The van der Waals surface area contributed by atoms with Crippen molar-refractivity contribution in [2.45, 2.75) is 25.1 Å². The van der Waals surface area contributed by atoms with Gasteiger partial charge in [-0.25, -0.2) is 4.98 Å². The highest BCUT2D eigenvalue weighted by Gasteiger charge is 2.32. The van der Waals surface area contributed by atoms with Crippen LogP contribution in [0.5, 0.6) is 0 Å². The van der Waals surface area contributed by atoms with Gasteiger partial charge in [0.25, 0.3) is 0 Å². The van der Waals surface area contributed by atoms with Gasteiger partial charge in [-0.2, -0.15) is 13.2 Å². The number of halogens is 3. The van der Waals surface area contributed by atoms with E-state index < -0.39 is 11.7 Å². The van der Waals surface area contributed by atoms with Crippen LogP contribution in [-0.2, 0) is 6.18 Å². The number of hydrogen-bond donors (Lipinski definition) is 0. The third kappa shape index (κ3) is 2.83. The molecule has 104 valence electrons. The highest BCUT2D eigenvalue weighted by atomic mass is 19.4. The molecule has 0 spiro atoms. The molecule has 2 aliphatic rings. The smallest absolute Gasteiger partial charge is 0.354 e. The van der Waals surface area contributed by atoms with Crippen molar-refractivity contribution in [3.05, 3.63) is 23.9 Å². The average Bonchev–Trinajstić information content (AvgIpc) is 3.22. The van der Waals surface area contributed by atoms with Gasteiger partial charge in [0.2, 0.25) is 0 Å². The van der Waals surface area contributed by atoms with E-state index in [-0.39, 0.29) is 0 Å². The van der Waals surface area contributed by atoms with E-state index in [1.165, 1.54) is 18.9 Å². The Balaban J connectivity index is 1.63. The topological polar surface area (TPSA) is 19.4 Å². The molecule has 2 heterocycles. The minimum absolute atomic E-state index is 0.642. The second-order valence-corrected chi connectivity index (χ2v) is 5.16. The Kier molecular flexibility index (Phi) is 3.12. The maximum absolute atomic E-state index is 12.4. The van der Waals surface area contributed by atoms with Gasteiger partial charge in [0.1, 0.15) is 5.82 Å². The highest BCUT2D eigenvalue weighted by Crippen LogP contribution is 2.30. The molecule has 6 heteroatoms. The van der Waals surface area contributed by atoms with Crippen molar-refractivity contribution in [1.29, 1.82) is 0 Å². The lowest BCUT2D eigenvalue weighted by Crippen LogP contribution is -2.47. The third-order valence-electron chi connectivity index (χ3n) is 3.78. The molecule has 0 amide bonds. The van der Waals surface area contributed by atoms with Crippen LogP contribution in [0, 0.1) is 0 Å². The summed E-state index contributed by atoms with van der Waals surface area (Å²) >= 11 is 0. The zero-order chi connectivity index (χ0) is 13.5. The molecule has 0 N–H and O–H groups in total. The second kappa shape index (κ2) is 4.67. The van der Waals surface area contributed by atoms with Crippen LogP contribution >= 0.6 is 0 Å². The Bertz CT molecular complexity index is 431. The van der Waals surface area contributed by atoms with Crippen molar-refractivity contribution in [3.63, 3.8) is 0 Å². The van der Waals surface area contributed by atoms with E-state index in [2.05, 4.69) is 14.8 Å². The zero-order valence-corrected chi connectivity index (χ0v) is 10.5. The fourth-order valence-corrected chi connectivity index (χ4v) is 2.50. The van der Waals surface area contributed by atoms with Crippen molar-refractivity contribution >= 4 is 5.82 Å². The van der Waals surface area contributed by atoms with Gasteiger partial charge in [0, 0.05) is 38.4 Å². The first-order chi connectivity index (χ1) is 9.04. The van der Waals surface area contributed by atoms with Crippen molar-refractivity contribution in [2.24, 2.45) is 0 Å². The van der Waals surface area contributed by atoms with Crippen LogP contribution in [0.1, 0.15) is 18.4 Å². The van der Waals surface area contributed by atoms with E-state index in [1.54, 1.807) is 0 Å². The minimum Gasteiger partial charge on any atom is -0.354 e. The summed E-state index contributed by atoms with van der Waals surface area (Å²) in [4.78, 5) is 8.46. The molecule has 0 unspecified atom stereocenters. The number of pyridine rings is 1. The monoisotopic (exact) mass is 271 g/mol. The van der Waals surface area contributed by atoms with Gasteiger partial charge in [-0.15, -0.1) is 0 Å². The molecule has 3 nitrogen and oxygen atoms in total. The Morgan fingerprint density at radius 2 is 1.74 bits per heavy atom. The predicted octanol–water partition coefficient (Wildman–Crippen LogP) is 2.38. The van der Waals surface area contributed by atoms with Crippen LogP contribution in [0.3, 0.4) is 0 Å². The first kappa shape index (κ1) is 12.7. The average molecular weight is 271 g/mol. The van der Waals surface area contributed by atoms with Crippen LogP contribution in [0.4, 0.5) is 19.0 Å². The zero-order valence-electron chi connectivity index (χ0n) is 10.5. The molecule has 2 fully saturated rings. The number of alkyl halides is 3. The van der Waals surface area contributed by atoms with Crippen molar-refractivity contribution < 1.29 is 13.2 Å². The normalized spacial score (nSPS) is 21.7. The molecule has 19 heavy (non-hydrogen) atoms. The van der Waals surface area contributed by atoms with Crippen LogP contribution in [-0.4, -0.2) is 42.1 Å². The largest absolute Gasteiger partial charge is 0.417 e. The molecule has 1 aromatic heterocycles.